The van der Waals surface area contributed by atoms with E-state index in [9.17, 15) is 9.59 Å². The maximum Gasteiger partial charge on any atom is 0.306 e. The minimum atomic E-state index is -0.778. The van der Waals surface area contributed by atoms with E-state index in [1.807, 2.05) is 6.92 Å². The second kappa shape index (κ2) is 4.63. The van der Waals surface area contributed by atoms with Gasteiger partial charge in [0, 0.05) is 30.1 Å². The maximum absolute atomic E-state index is 12.0. The minimum absolute atomic E-state index is 0.0952. The molecule has 1 aliphatic rings. The second-order valence-corrected chi connectivity index (χ2v) is 5.18. The van der Waals surface area contributed by atoms with E-state index in [4.69, 9.17) is 5.11 Å². The summed E-state index contributed by atoms with van der Waals surface area (Å²) in [6, 6.07) is 1.52. The molecule has 2 aromatic rings. The summed E-state index contributed by atoms with van der Waals surface area (Å²) < 4.78 is 0. The third-order valence-corrected chi connectivity index (χ3v) is 3.71. The quantitative estimate of drug-likeness (QED) is 0.767. The Morgan fingerprint density at radius 1 is 1.50 bits per heavy atom. The van der Waals surface area contributed by atoms with Crippen molar-refractivity contribution in [2.75, 3.05) is 0 Å². The molecule has 0 saturated carbocycles. The van der Waals surface area contributed by atoms with Gasteiger partial charge in [0.1, 0.15) is 5.82 Å². The van der Waals surface area contributed by atoms with Gasteiger partial charge >= 0.3 is 5.97 Å². The molecule has 3 rings (SSSR count). The van der Waals surface area contributed by atoms with Crippen LogP contribution in [-0.4, -0.2) is 26.0 Å². The lowest BCUT2D eigenvalue weighted by Gasteiger charge is -2.16. The van der Waals surface area contributed by atoms with Crippen molar-refractivity contribution < 1.29 is 9.90 Å². The molecular weight excluding hydrogens is 258 g/mol. The maximum atomic E-state index is 12.0. The van der Waals surface area contributed by atoms with Crippen molar-refractivity contribution in [1.82, 2.24) is 15.0 Å². The van der Waals surface area contributed by atoms with E-state index < -0.39 is 5.97 Å². The lowest BCUT2D eigenvalue weighted by atomic mass is 9.90. The molecule has 3 N–H and O–H groups in total. The number of fused-ring (bicyclic) bond motifs is 1. The van der Waals surface area contributed by atoms with Gasteiger partial charge in [0.25, 0.3) is 0 Å². The van der Waals surface area contributed by atoms with E-state index >= 15 is 0 Å². The zero-order valence-electron chi connectivity index (χ0n) is 11.1. The van der Waals surface area contributed by atoms with E-state index in [0.717, 1.165) is 17.1 Å². The molecule has 0 bridgehead atoms. The Morgan fingerprint density at radius 3 is 3.00 bits per heavy atom. The molecule has 6 heteroatoms. The first-order valence-corrected chi connectivity index (χ1v) is 6.55. The number of carboxylic acids is 1. The molecular formula is C14H15N3O3. The summed E-state index contributed by atoms with van der Waals surface area (Å²) in [4.78, 5) is 33.5. The smallest absolute Gasteiger partial charge is 0.306 e. The molecule has 2 heterocycles. The number of pyridine rings is 1. The number of aromatic nitrogens is 3. The predicted octanol–water partition coefficient (Wildman–Crippen LogP) is 1.26. The second-order valence-electron chi connectivity index (χ2n) is 5.18. The molecule has 0 saturated heterocycles. The van der Waals surface area contributed by atoms with Crippen LogP contribution in [0.25, 0.3) is 11.4 Å². The van der Waals surface area contributed by atoms with Gasteiger partial charge in [0.05, 0.1) is 17.2 Å². The van der Waals surface area contributed by atoms with Gasteiger partial charge in [0.15, 0.2) is 5.43 Å². The van der Waals surface area contributed by atoms with Crippen LogP contribution in [0.4, 0.5) is 0 Å². The van der Waals surface area contributed by atoms with Crippen molar-refractivity contribution in [3.8, 4) is 11.4 Å². The van der Waals surface area contributed by atoms with E-state index in [1.54, 1.807) is 6.20 Å². The third-order valence-electron chi connectivity index (χ3n) is 3.71. The average molecular weight is 273 g/mol. The highest BCUT2D eigenvalue weighted by molar-refractivity contribution is 5.71. The number of H-pyrrole nitrogens is 2. The van der Waals surface area contributed by atoms with E-state index in [1.165, 1.54) is 6.07 Å². The predicted molar refractivity (Wildman–Crippen MR) is 72.5 cm³/mol. The van der Waals surface area contributed by atoms with Crippen LogP contribution in [0.1, 0.15) is 23.5 Å². The van der Waals surface area contributed by atoms with Gasteiger partial charge in [-0.25, -0.2) is 4.98 Å². The normalized spacial score (nSPS) is 17.8. The molecule has 1 unspecified atom stereocenters. The molecule has 0 spiro atoms. The van der Waals surface area contributed by atoms with Gasteiger partial charge in [0.2, 0.25) is 0 Å². The highest BCUT2D eigenvalue weighted by atomic mass is 16.4. The summed E-state index contributed by atoms with van der Waals surface area (Å²) in [7, 11) is 0. The standard InChI is InChI=1S/C14H15N3O3/c1-7-4-12(18)9(6-15-7)13-16-10-3-2-8(14(19)20)5-11(10)17-13/h4,6,8H,2-3,5H2,1H3,(H,15,18)(H,16,17)(H,19,20). The summed E-state index contributed by atoms with van der Waals surface area (Å²) in [5.41, 5.74) is 2.89. The van der Waals surface area contributed by atoms with Crippen molar-refractivity contribution in [2.24, 2.45) is 5.92 Å². The molecule has 6 nitrogen and oxygen atoms in total. The highest BCUT2D eigenvalue weighted by Crippen LogP contribution is 2.26. The lowest BCUT2D eigenvalue weighted by Crippen LogP contribution is -2.22. The number of nitrogens with one attached hydrogen (secondary N) is 2. The number of rotatable bonds is 2. The summed E-state index contributed by atoms with van der Waals surface area (Å²) in [6.45, 7) is 1.82. The van der Waals surface area contributed by atoms with Gasteiger partial charge < -0.3 is 15.1 Å². The molecule has 0 radical (unpaired) electrons. The van der Waals surface area contributed by atoms with Gasteiger partial charge in [-0.2, -0.15) is 0 Å². The van der Waals surface area contributed by atoms with Crippen molar-refractivity contribution in [2.45, 2.75) is 26.2 Å². The van der Waals surface area contributed by atoms with Crippen molar-refractivity contribution >= 4 is 5.97 Å². The van der Waals surface area contributed by atoms with Gasteiger partial charge in [-0.15, -0.1) is 0 Å². The number of carboxylic acid groups (broad SMARTS) is 1. The van der Waals surface area contributed by atoms with E-state index in [0.29, 0.717) is 30.7 Å². The number of aromatic amines is 2. The monoisotopic (exact) mass is 273 g/mol. The van der Waals surface area contributed by atoms with Crippen LogP contribution < -0.4 is 5.43 Å². The Hall–Kier alpha value is -2.37. The van der Waals surface area contributed by atoms with Crippen LogP contribution in [0.5, 0.6) is 0 Å². The first-order valence-electron chi connectivity index (χ1n) is 6.55. The van der Waals surface area contributed by atoms with Gasteiger partial charge in [-0.3, -0.25) is 9.59 Å². The molecule has 2 aromatic heterocycles. The molecule has 104 valence electrons. The third kappa shape index (κ3) is 2.13. The SMILES string of the molecule is Cc1cc(=O)c(-c2nc3c([nH]2)CC(C(=O)O)CC3)c[nH]1. The number of imidazole rings is 1. The summed E-state index contributed by atoms with van der Waals surface area (Å²) in [6.07, 6.45) is 3.31. The Bertz CT molecular complexity index is 730. The fourth-order valence-electron chi connectivity index (χ4n) is 2.58. The fraction of sp³-hybridized carbons (Fsp3) is 0.357. The molecule has 0 amide bonds. The molecule has 0 aliphatic heterocycles. The number of nitrogens with zero attached hydrogens (tertiary/aromatic N) is 1. The molecule has 1 aliphatic carbocycles. The zero-order valence-corrected chi connectivity index (χ0v) is 11.1. The minimum Gasteiger partial charge on any atom is -0.481 e. The number of hydrogen-bond donors (Lipinski definition) is 3. The topological polar surface area (TPSA) is 98.8 Å². The Kier molecular flexibility index (Phi) is 2.93. The van der Waals surface area contributed by atoms with Gasteiger partial charge in [-0.05, 0) is 19.8 Å². The summed E-state index contributed by atoms with van der Waals surface area (Å²) >= 11 is 0. The molecule has 0 aromatic carbocycles. The van der Waals surface area contributed by atoms with Crippen LogP contribution in [-0.2, 0) is 17.6 Å². The number of hydrogen-bond acceptors (Lipinski definition) is 3. The van der Waals surface area contributed by atoms with E-state index in [-0.39, 0.29) is 11.3 Å². The van der Waals surface area contributed by atoms with Crippen LogP contribution >= 0.6 is 0 Å². The summed E-state index contributed by atoms with van der Waals surface area (Å²) in [5.74, 6) is -0.630. The Labute approximate surface area is 114 Å². The number of aryl methyl sites for hydroxylation is 2. The highest BCUT2D eigenvalue weighted by Gasteiger charge is 2.27. The van der Waals surface area contributed by atoms with Crippen LogP contribution in [0, 0.1) is 12.8 Å². The lowest BCUT2D eigenvalue weighted by molar-refractivity contribution is -0.142. The van der Waals surface area contributed by atoms with Gasteiger partial charge in [-0.1, -0.05) is 0 Å². The van der Waals surface area contributed by atoms with Crippen LogP contribution in [0.2, 0.25) is 0 Å². The average Bonchev–Trinajstić information content (AvgIpc) is 2.80. The largest absolute Gasteiger partial charge is 0.481 e. The van der Waals surface area contributed by atoms with Crippen molar-refractivity contribution in [3.63, 3.8) is 0 Å². The molecule has 1 atom stereocenters. The van der Waals surface area contributed by atoms with E-state index in [2.05, 4.69) is 15.0 Å². The molecule has 20 heavy (non-hydrogen) atoms. The Balaban J connectivity index is 1.98. The van der Waals surface area contributed by atoms with Crippen molar-refractivity contribution in [1.29, 1.82) is 0 Å². The first kappa shape index (κ1) is 12.7. The fourth-order valence-corrected chi connectivity index (χ4v) is 2.58. The Morgan fingerprint density at radius 2 is 2.30 bits per heavy atom. The van der Waals surface area contributed by atoms with Crippen LogP contribution in [0.3, 0.4) is 0 Å². The van der Waals surface area contributed by atoms with Crippen LogP contribution in [0.15, 0.2) is 17.1 Å². The first-order chi connectivity index (χ1) is 9.54. The molecule has 0 fully saturated rings. The number of carbonyl (C=O) groups is 1. The zero-order chi connectivity index (χ0) is 14.3. The number of aliphatic carboxylic acids is 1. The van der Waals surface area contributed by atoms with Crippen molar-refractivity contribution in [3.05, 3.63) is 39.6 Å². The summed E-state index contributed by atoms with van der Waals surface area (Å²) in [5, 5.41) is 9.07.